The van der Waals surface area contributed by atoms with E-state index in [4.69, 9.17) is 38.5 Å². The fraction of sp³-hybridized carbons (Fsp3) is 0.385. The lowest BCUT2D eigenvalue weighted by molar-refractivity contribution is -0.145. The Kier molecular flexibility index (Phi) is 17.0. The number of thiocarbonyl (C=S) groups is 1. The van der Waals surface area contributed by atoms with Gasteiger partial charge < -0.3 is 20.4 Å². The third kappa shape index (κ3) is 16.4. The van der Waals surface area contributed by atoms with Crippen molar-refractivity contribution in [1.29, 1.82) is 0 Å². The third-order valence-electron chi connectivity index (χ3n) is 5.69. The Hall–Kier alpha value is -4.98. The maximum Gasteiger partial charge on any atom is 0.317 e. The lowest BCUT2D eigenvalue weighted by Crippen LogP contribution is -2.51. The summed E-state index contributed by atoms with van der Waals surface area (Å²) in [4.78, 5) is 80.9. The first kappa shape index (κ1) is 38.0. The molecule has 3 amide bonds. The molecule has 1 aliphatic rings. The van der Waals surface area contributed by atoms with Gasteiger partial charge in [0.1, 0.15) is 0 Å². The number of amides is 3. The molecule has 0 bridgehead atoms. The Bertz CT molecular complexity index is 1180. The predicted molar refractivity (Wildman–Crippen MR) is 159 cm³/mol. The van der Waals surface area contributed by atoms with Crippen LogP contribution in [0.5, 0.6) is 0 Å². The molecule has 19 heteroatoms. The summed E-state index contributed by atoms with van der Waals surface area (Å²) in [6.07, 6.45) is 2.94. The fourth-order valence-electron chi connectivity index (χ4n) is 3.76. The Morgan fingerprint density at radius 2 is 1.22 bits per heavy atom. The molecule has 0 fully saturated rings. The van der Waals surface area contributed by atoms with Gasteiger partial charge in [-0.2, -0.15) is 0 Å². The standard InChI is InChI=1S/C16H19N5O3S.C10H16N2O8/c17-18-16(25)19-21(11-12-5-2-1-3-6-12)15(24)7-4-10-20-13(22)8-9-14(20)23;13-7(14)3-11(4-8(15)16)1-2-12(5-9(17)18)6-10(19)20/h1-3,5-6,8-9H,4,7,10-11,17H2,(H2,18,19,25);1-6H2,(H,13,14)(H,15,16)(H,17,18)(H,19,20). The van der Waals surface area contributed by atoms with E-state index in [0.29, 0.717) is 13.0 Å². The molecule has 1 aliphatic heterocycles. The molecule has 2 rings (SSSR count). The lowest BCUT2D eigenvalue weighted by atomic mass is 10.2. The number of hydrogen-bond donors (Lipinski definition) is 7. The Labute approximate surface area is 262 Å². The molecular weight excluding hydrogens is 618 g/mol. The maximum atomic E-state index is 12.5. The van der Waals surface area contributed by atoms with E-state index >= 15 is 0 Å². The fourth-order valence-corrected chi connectivity index (χ4v) is 3.87. The van der Waals surface area contributed by atoms with Crippen LogP contribution in [-0.4, -0.2) is 133 Å². The average molecular weight is 654 g/mol. The molecule has 8 N–H and O–H groups in total. The summed E-state index contributed by atoms with van der Waals surface area (Å²) in [5, 5.41) is 35.9. The highest BCUT2D eigenvalue weighted by molar-refractivity contribution is 7.80. The zero-order valence-corrected chi connectivity index (χ0v) is 24.9. The lowest BCUT2D eigenvalue weighted by Gasteiger charge is -2.25. The number of hydrazine groups is 2. The normalized spacial score (nSPS) is 12.0. The number of carboxylic acids is 4. The van der Waals surface area contributed by atoms with Crippen molar-refractivity contribution < 1.29 is 54.0 Å². The number of carboxylic acid groups (broad SMARTS) is 4. The highest BCUT2D eigenvalue weighted by atomic mass is 32.1. The van der Waals surface area contributed by atoms with Crippen LogP contribution in [0.15, 0.2) is 42.5 Å². The van der Waals surface area contributed by atoms with E-state index in [1.807, 2.05) is 30.3 Å². The van der Waals surface area contributed by atoms with Gasteiger partial charge in [-0.25, -0.2) is 5.84 Å². The third-order valence-corrected chi connectivity index (χ3v) is 5.90. The van der Waals surface area contributed by atoms with Crippen LogP contribution >= 0.6 is 12.2 Å². The number of aliphatic carboxylic acids is 4. The molecule has 0 aliphatic carbocycles. The van der Waals surface area contributed by atoms with Crippen molar-refractivity contribution >= 4 is 58.9 Å². The Morgan fingerprint density at radius 1 is 0.778 bits per heavy atom. The first-order chi connectivity index (χ1) is 21.2. The van der Waals surface area contributed by atoms with Crippen molar-refractivity contribution in [3.8, 4) is 0 Å². The van der Waals surface area contributed by atoms with E-state index in [1.54, 1.807) is 0 Å². The molecule has 0 unspecified atom stereocenters. The summed E-state index contributed by atoms with van der Waals surface area (Å²) in [6, 6.07) is 9.39. The van der Waals surface area contributed by atoms with Gasteiger partial charge in [0.05, 0.1) is 32.7 Å². The first-order valence-electron chi connectivity index (χ1n) is 13.2. The SMILES string of the molecule is NNC(=S)NN(Cc1ccccc1)C(=O)CCCN1C(=O)C=CC1=O.O=C(O)CN(CCN(CC(=O)O)CC(=O)O)CC(=O)O. The van der Waals surface area contributed by atoms with Crippen LogP contribution < -0.4 is 16.7 Å². The minimum atomic E-state index is -1.23. The summed E-state index contributed by atoms with van der Waals surface area (Å²) >= 11 is 4.95. The van der Waals surface area contributed by atoms with Crippen molar-refractivity contribution in [1.82, 2.24) is 30.6 Å². The number of hydrogen-bond acceptors (Lipinski definition) is 11. The van der Waals surface area contributed by atoms with Gasteiger partial charge in [0.2, 0.25) is 5.91 Å². The topological polar surface area (TPSA) is 263 Å². The minimum absolute atomic E-state index is 0.0703. The molecule has 0 saturated heterocycles. The van der Waals surface area contributed by atoms with Crippen molar-refractivity contribution in [2.75, 3.05) is 45.8 Å². The smallest absolute Gasteiger partial charge is 0.317 e. The number of rotatable bonds is 17. The molecule has 0 radical (unpaired) electrons. The highest BCUT2D eigenvalue weighted by Gasteiger charge is 2.24. The number of carbonyl (C=O) groups is 7. The summed E-state index contributed by atoms with van der Waals surface area (Å²) in [5.41, 5.74) is 5.91. The van der Waals surface area contributed by atoms with E-state index in [1.165, 1.54) is 17.2 Å². The molecule has 246 valence electrons. The van der Waals surface area contributed by atoms with Crippen LogP contribution in [-0.2, 0) is 40.1 Å². The number of carbonyl (C=O) groups excluding carboxylic acids is 3. The van der Waals surface area contributed by atoms with Gasteiger partial charge in [0, 0.05) is 38.2 Å². The monoisotopic (exact) mass is 653 g/mol. The van der Waals surface area contributed by atoms with E-state index in [0.717, 1.165) is 20.3 Å². The van der Waals surface area contributed by atoms with Crippen molar-refractivity contribution in [2.45, 2.75) is 19.4 Å². The van der Waals surface area contributed by atoms with E-state index in [-0.39, 0.29) is 48.9 Å². The van der Waals surface area contributed by atoms with Crippen LogP contribution in [0.3, 0.4) is 0 Å². The summed E-state index contributed by atoms with van der Waals surface area (Å²) in [6.45, 7) is -1.76. The van der Waals surface area contributed by atoms with Gasteiger partial charge in [-0.3, -0.25) is 64.1 Å². The van der Waals surface area contributed by atoms with E-state index in [2.05, 4.69) is 10.9 Å². The minimum Gasteiger partial charge on any atom is -0.480 e. The first-order valence-corrected chi connectivity index (χ1v) is 13.6. The van der Waals surface area contributed by atoms with E-state index in [9.17, 15) is 33.6 Å². The molecule has 0 spiro atoms. The molecule has 1 aromatic rings. The second kappa shape index (κ2) is 20.1. The molecule has 0 saturated carbocycles. The van der Waals surface area contributed by atoms with Crippen LogP contribution in [0, 0.1) is 0 Å². The van der Waals surface area contributed by atoms with Crippen molar-refractivity contribution in [3.63, 3.8) is 0 Å². The zero-order chi connectivity index (χ0) is 33.9. The summed E-state index contributed by atoms with van der Waals surface area (Å²) in [7, 11) is 0. The van der Waals surface area contributed by atoms with Gasteiger partial charge in [0.15, 0.2) is 5.11 Å². The highest BCUT2D eigenvalue weighted by Crippen LogP contribution is 2.08. The number of imide groups is 1. The summed E-state index contributed by atoms with van der Waals surface area (Å²) in [5.74, 6) is -0.604. The van der Waals surface area contributed by atoms with Gasteiger partial charge in [-0.05, 0) is 24.2 Å². The molecule has 1 aromatic carbocycles. The zero-order valence-electron chi connectivity index (χ0n) is 24.0. The van der Waals surface area contributed by atoms with Crippen molar-refractivity contribution in [3.05, 3.63) is 48.0 Å². The largest absolute Gasteiger partial charge is 0.480 e. The average Bonchev–Trinajstić information content (AvgIpc) is 3.27. The van der Waals surface area contributed by atoms with Gasteiger partial charge in [-0.1, -0.05) is 30.3 Å². The number of nitrogens with one attached hydrogen (secondary N) is 2. The number of nitrogens with zero attached hydrogens (tertiary/aromatic N) is 4. The van der Waals surface area contributed by atoms with Crippen LogP contribution in [0.2, 0.25) is 0 Å². The van der Waals surface area contributed by atoms with Gasteiger partial charge >= 0.3 is 23.9 Å². The van der Waals surface area contributed by atoms with Crippen LogP contribution in [0.4, 0.5) is 0 Å². The Morgan fingerprint density at radius 3 is 1.62 bits per heavy atom. The second-order valence-corrected chi connectivity index (χ2v) is 9.72. The molecule has 1 heterocycles. The van der Waals surface area contributed by atoms with Crippen LogP contribution in [0.25, 0.3) is 0 Å². The molecule has 0 aromatic heterocycles. The van der Waals surface area contributed by atoms with Crippen LogP contribution in [0.1, 0.15) is 18.4 Å². The maximum absolute atomic E-state index is 12.5. The van der Waals surface area contributed by atoms with Gasteiger partial charge in [0.25, 0.3) is 11.8 Å². The molecule has 45 heavy (non-hydrogen) atoms. The second-order valence-electron chi connectivity index (χ2n) is 9.31. The molecular formula is C26H35N7O11S. The number of nitrogens with two attached hydrogens (primary N) is 1. The quantitative estimate of drug-likeness (QED) is 0.0411. The molecule has 18 nitrogen and oxygen atoms in total. The van der Waals surface area contributed by atoms with E-state index < -0.39 is 50.1 Å². The molecule has 0 atom stereocenters. The van der Waals surface area contributed by atoms with Crippen molar-refractivity contribution in [2.24, 2.45) is 5.84 Å². The van der Waals surface area contributed by atoms with Gasteiger partial charge in [-0.15, -0.1) is 0 Å². The summed E-state index contributed by atoms with van der Waals surface area (Å²) < 4.78 is 0. The Balaban J connectivity index is 0.000000463. The number of benzene rings is 1. The predicted octanol–water partition coefficient (Wildman–Crippen LogP) is -2.10.